The molecule has 0 saturated carbocycles. The van der Waals surface area contributed by atoms with Gasteiger partial charge in [-0.3, -0.25) is 0 Å². The fraction of sp³-hybridized carbons (Fsp3) is 0.688. The molecule has 0 aromatic heterocycles. The molecule has 0 spiro atoms. The van der Waals surface area contributed by atoms with E-state index in [-0.39, 0.29) is 11.4 Å². The lowest BCUT2D eigenvalue weighted by atomic mass is 9.62. The Labute approximate surface area is 110 Å². The number of rotatable bonds is 1. The van der Waals surface area contributed by atoms with Gasteiger partial charge in [0.25, 0.3) is 0 Å². The van der Waals surface area contributed by atoms with Crippen LogP contribution in [0.5, 0.6) is 0 Å². The van der Waals surface area contributed by atoms with E-state index in [0.29, 0.717) is 5.92 Å². The standard InChI is InChI=1S/C16H24O2/c1-12-6-4-10-16(2)11-5-7-13(15(17)18-3)14(16)9-8-12/h6-7,14H,4-5,8-11H2,1-3H3/b12-6-/t14-,16+/m0/s1. The van der Waals surface area contributed by atoms with E-state index in [1.165, 1.54) is 25.5 Å². The Hall–Kier alpha value is -1.05. The Bertz CT molecular complexity index is 392. The lowest BCUT2D eigenvalue weighted by molar-refractivity contribution is -0.137. The maximum atomic E-state index is 11.9. The zero-order valence-electron chi connectivity index (χ0n) is 11.8. The van der Waals surface area contributed by atoms with Crippen molar-refractivity contribution >= 4 is 5.97 Å². The molecular weight excluding hydrogens is 224 g/mol. The van der Waals surface area contributed by atoms with Crippen molar-refractivity contribution in [2.45, 2.75) is 52.4 Å². The molecule has 2 aliphatic carbocycles. The summed E-state index contributed by atoms with van der Waals surface area (Å²) in [6.45, 7) is 4.55. The fourth-order valence-electron chi connectivity index (χ4n) is 3.52. The van der Waals surface area contributed by atoms with E-state index in [9.17, 15) is 4.79 Å². The van der Waals surface area contributed by atoms with Crippen molar-refractivity contribution in [1.29, 1.82) is 0 Å². The molecule has 0 unspecified atom stereocenters. The van der Waals surface area contributed by atoms with Gasteiger partial charge in [0.05, 0.1) is 7.11 Å². The van der Waals surface area contributed by atoms with Crippen LogP contribution in [0.3, 0.4) is 0 Å². The van der Waals surface area contributed by atoms with Crippen molar-refractivity contribution in [3.8, 4) is 0 Å². The zero-order chi connectivity index (χ0) is 13.2. The minimum atomic E-state index is -0.117. The van der Waals surface area contributed by atoms with E-state index in [2.05, 4.69) is 26.0 Å². The maximum absolute atomic E-state index is 11.9. The van der Waals surface area contributed by atoms with Crippen LogP contribution in [0.25, 0.3) is 0 Å². The molecule has 0 fully saturated rings. The Morgan fingerprint density at radius 3 is 2.67 bits per heavy atom. The summed E-state index contributed by atoms with van der Waals surface area (Å²) in [5, 5.41) is 0. The van der Waals surface area contributed by atoms with Gasteiger partial charge in [0.1, 0.15) is 0 Å². The Morgan fingerprint density at radius 2 is 2.00 bits per heavy atom. The molecule has 18 heavy (non-hydrogen) atoms. The van der Waals surface area contributed by atoms with Crippen LogP contribution in [0, 0.1) is 11.3 Å². The molecule has 2 atom stereocenters. The highest BCUT2D eigenvalue weighted by molar-refractivity contribution is 5.89. The molecule has 0 aromatic carbocycles. The van der Waals surface area contributed by atoms with Crippen LogP contribution < -0.4 is 0 Å². The first kappa shape index (κ1) is 13.4. The van der Waals surface area contributed by atoms with Gasteiger partial charge < -0.3 is 4.74 Å². The summed E-state index contributed by atoms with van der Waals surface area (Å²) in [4.78, 5) is 11.9. The first-order chi connectivity index (χ1) is 8.57. The van der Waals surface area contributed by atoms with Crippen LogP contribution >= 0.6 is 0 Å². The number of carbonyl (C=O) groups excluding carboxylic acids is 1. The van der Waals surface area contributed by atoms with Gasteiger partial charge in [-0.2, -0.15) is 0 Å². The second kappa shape index (κ2) is 5.29. The van der Waals surface area contributed by atoms with Gasteiger partial charge in [-0.05, 0) is 56.8 Å². The van der Waals surface area contributed by atoms with Gasteiger partial charge in [0, 0.05) is 5.57 Å². The minimum absolute atomic E-state index is 0.117. The monoisotopic (exact) mass is 248 g/mol. The smallest absolute Gasteiger partial charge is 0.333 e. The van der Waals surface area contributed by atoms with E-state index in [4.69, 9.17) is 4.74 Å². The van der Waals surface area contributed by atoms with Gasteiger partial charge in [-0.25, -0.2) is 4.79 Å². The number of ether oxygens (including phenoxy) is 1. The molecule has 2 heteroatoms. The molecule has 0 radical (unpaired) electrons. The third-order valence-electron chi connectivity index (χ3n) is 4.75. The van der Waals surface area contributed by atoms with Gasteiger partial charge in [0.2, 0.25) is 0 Å². The number of methoxy groups -OCH3 is 1. The van der Waals surface area contributed by atoms with Crippen LogP contribution in [-0.4, -0.2) is 13.1 Å². The summed E-state index contributed by atoms with van der Waals surface area (Å²) in [7, 11) is 1.49. The fourth-order valence-corrected chi connectivity index (χ4v) is 3.52. The first-order valence-electron chi connectivity index (χ1n) is 7.01. The van der Waals surface area contributed by atoms with Gasteiger partial charge >= 0.3 is 5.97 Å². The van der Waals surface area contributed by atoms with Crippen molar-refractivity contribution in [2.75, 3.05) is 7.11 Å². The highest BCUT2D eigenvalue weighted by Crippen LogP contribution is 2.48. The topological polar surface area (TPSA) is 26.3 Å². The van der Waals surface area contributed by atoms with Gasteiger partial charge in [-0.15, -0.1) is 0 Å². The van der Waals surface area contributed by atoms with E-state index >= 15 is 0 Å². The van der Waals surface area contributed by atoms with Crippen molar-refractivity contribution < 1.29 is 9.53 Å². The molecule has 0 N–H and O–H groups in total. The van der Waals surface area contributed by atoms with E-state index in [1.807, 2.05) is 0 Å². The van der Waals surface area contributed by atoms with Crippen molar-refractivity contribution in [3.05, 3.63) is 23.3 Å². The SMILES string of the molecule is COC(=O)C1=CCC[C@@]2(C)CC/C=C(/C)CC[C@@H]12. The lowest BCUT2D eigenvalue weighted by Gasteiger charge is -2.42. The molecule has 0 saturated heterocycles. The molecule has 0 amide bonds. The number of hydrogen-bond acceptors (Lipinski definition) is 2. The first-order valence-corrected chi connectivity index (χ1v) is 7.01. The number of allylic oxidation sites excluding steroid dienone is 3. The summed E-state index contributed by atoms with van der Waals surface area (Å²) >= 11 is 0. The van der Waals surface area contributed by atoms with Crippen molar-refractivity contribution in [2.24, 2.45) is 11.3 Å². The summed E-state index contributed by atoms with van der Waals surface area (Å²) in [5.41, 5.74) is 2.67. The molecule has 0 aromatic rings. The zero-order valence-corrected chi connectivity index (χ0v) is 11.8. The predicted molar refractivity (Wildman–Crippen MR) is 73.2 cm³/mol. The number of hydrogen-bond donors (Lipinski definition) is 0. The largest absolute Gasteiger partial charge is 0.466 e. The molecule has 2 rings (SSSR count). The second-order valence-electron chi connectivity index (χ2n) is 6.02. The van der Waals surface area contributed by atoms with Crippen LogP contribution in [0.1, 0.15) is 52.4 Å². The highest BCUT2D eigenvalue weighted by Gasteiger charge is 2.40. The molecule has 2 aliphatic rings. The van der Waals surface area contributed by atoms with E-state index in [1.54, 1.807) is 0 Å². The summed E-state index contributed by atoms with van der Waals surface area (Å²) in [5.74, 6) is 0.260. The molecule has 0 bridgehead atoms. The van der Waals surface area contributed by atoms with Crippen LogP contribution in [-0.2, 0) is 9.53 Å². The predicted octanol–water partition coefficient (Wildman–Crippen LogP) is 4.02. The molecule has 100 valence electrons. The van der Waals surface area contributed by atoms with Gasteiger partial charge in [0.15, 0.2) is 0 Å². The van der Waals surface area contributed by atoms with Gasteiger partial charge in [-0.1, -0.05) is 24.6 Å². The third-order valence-corrected chi connectivity index (χ3v) is 4.75. The third kappa shape index (κ3) is 2.52. The number of esters is 1. The summed E-state index contributed by atoms with van der Waals surface area (Å²) < 4.78 is 4.96. The highest BCUT2D eigenvalue weighted by atomic mass is 16.5. The molecule has 0 aliphatic heterocycles. The maximum Gasteiger partial charge on any atom is 0.333 e. The molecule has 2 nitrogen and oxygen atoms in total. The summed E-state index contributed by atoms with van der Waals surface area (Å²) in [6, 6.07) is 0. The Morgan fingerprint density at radius 1 is 1.33 bits per heavy atom. The minimum Gasteiger partial charge on any atom is -0.466 e. The van der Waals surface area contributed by atoms with Crippen molar-refractivity contribution in [3.63, 3.8) is 0 Å². The molecule has 0 heterocycles. The number of fused-ring (bicyclic) bond motifs is 1. The second-order valence-corrected chi connectivity index (χ2v) is 6.02. The van der Waals surface area contributed by atoms with Crippen LogP contribution in [0.15, 0.2) is 23.3 Å². The average molecular weight is 248 g/mol. The van der Waals surface area contributed by atoms with E-state index in [0.717, 1.165) is 31.3 Å². The lowest BCUT2D eigenvalue weighted by Crippen LogP contribution is -2.35. The molecular formula is C16H24O2. The van der Waals surface area contributed by atoms with E-state index < -0.39 is 0 Å². The average Bonchev–Trinajstić information content (AvgIpc) is 2.34. The normalized spacial score (nSPS) is 35.4. The van der Waals surface area contributed by atoms with Crippen LogP contribution in [0.2, 0.25) is 0 Å². The van der Waals surface area contributed by atoms with Crippen molar-refractivity contribution in [1.82, 2.24) is 0 Å². The van der Waals surface area contributed by atoms with Crippen LogP contribution in [0.4, 0.5) is 0 Å². The number of carbonyl (C=O) groups is 1. The quantitative estimate of drug-likeness (QED) is 0.517. The summed E-state index contributed by atoms with van der Waals surface area (Å²) in [6.07, 6.45) is 11.2. The Balaban J connectivity index is 2.28. The Kier molecular flexibility index (Phi) is 3.94.